The van der Waals surface area contributed by atoms with Gasteiger partial charge in [0.25, 0.3) is 0 Å². The summed E-state index contributed by atoms with van der Waals surface area (Å²) in [6, 6.07) is 7.43. The molecule has 2 fully saturated rings. The van der Waals surface area contributed by atoms with Gasteiger partial charge in [-0.2, -0.15) is 0 Å². The first kappa shape index (κ1) is 11.8. The number of benzene rings is 1. The molecule has 0 radical (unpaired) electrons. The Morgan fingerprint density at radius 3 is 2.56 bits per heavy atom. The van der Waals surface area contributed by atoms with E-state index in [9.17, 15) is 4.79 Å². The Morgan fingerprint density at radius 1 is 1.17 bits per heavy atom. The van der Waals surface area contributed by atoms with Gasteiger partial charge in [0.1, 0.15) is 0 Å². The third-order valence-corrected chi connectivity index (χ3v) is 4.41. The first-order chi connectivity index (χ1) is 8.70. The number of fused-ring (bicyclic) bond motifs is 2. The van der Waals surface area contributed by atoms with E-state index in [-0.39, 0.29) is 6.03 Å². The number of carbonyl (C=O) groups excluding carboxylic acids is 1. The molecule has 2 aliphatic rings. The molecule has 0 heterocycles. The fourth-order valence-corrected chi connectivity index (χ4v) is 3.42. The van der Waals surface area contributed by atoms with Crippen molar-refractivity contribution in [2.24, 2.45) is 11.8 Å². The van der Waals surface area contributed by atoms with Crippen molar-refractivity contribution in [3.8, 4) is 0 Å². The predicted molar refractivity (Wildman–Crippen MR) is 72.8 cm³/mol. The first-order valence-electron chi connectivity index (χ1n) is 6.54. The zero-order chi connectivity index (χ0) is 12.5. The van der Waals surface area contributed by atoms with Crippen molar-refractivity contribution in [1.29, 1.82) is 0 Å². The summed E-state index contributed by atoms with van der Waals surface area (Å²) in [4.78, 5) is 11.9. The van der Waals surface area contributed by atoms with Crippen LogP contribution in [0.5, 0.6) is 0 Å². The SMILES string of the molecule is O=C(Nc1ccc(Cl)cc1)N[C@H]1C[C@H]2CC[C@@H]1C2. The van der Waals surface area contributed by atoms with Crippen LogP contribution in [-0.2, 0) is 0 Å². The molecule has 2 bridgehead atoms. The number of nitrogens with one attached hydrogen (secondary N) is 2. The van der Waals surface area contributed by atoms with Crippen molar-refractivity contribution in [3.05, 3.63) is 29.3 Å². The molecule has 3 atom stereocenters. The molecule has 2 aliphatic carbocycles. The smallest absolute Gasteiger partial charge is 0.319 e. The number of carbonyl (C=O) groups is 1. The van der Waals surface area contributed by atoms with Crippen LogP contribution in [-0.4, -0.2) is 12.1 Å². The molecule has 3 rings (SSSR count). The van der Waals surface area contributed by atoms with Gasteiger partial charge in [-0.15, -0.1) is 0 Å². The van der Waals surface area contributed by atoms with E-state index in [2.05, 4.69) is 10.6 Å². The van der Waals surface area contributed by atoms with E-state index in [1.807, 2.05) is 12.1 Å². The highest BCUT2D eigenvalue weighted by atomic mass is 35.5. The van der Waals surface area contributed by atoms with Gasteiger partial charge in [0.15, 0.2) is 0 Å². The number of hydrogen-bond acceptors (Lipinski definition) is 1. The molecule has 1 aromatic carbocycles. The minimum atomic E-state index is -0.102. The molecule has 0 saturated heterocycles. The molecule has 0 aromatic heterocycles. The summed E-state index contributed by atoms with van der Waals surface area (Å²) in [6.07, 6.45) is 5.07. The number of hydrogen-bond donors (Lipinski definition) is 2. The van der Waals surface area contributed by atoms with Gasteiger partial charge in [0.05, 0.1) is 0 Å². The number of amides is 2. The molecule has 3 nitrogen and oxygen atoms in total. The van der Waals surface area contributed by atoms with Crippen LogP contribution in [0.25, 0.3) is 0 Å². The maximum absolute atomic E-state index is 11.9. The van der Waals surface area contributed by atoms with Crippen LogP contribution in [0, 0.1) is 11.8 Å². The minimum absolute atomic E-state index is 0.102. The topological polar surface area (TPSA) is 41.1 Å². The highest BCUT2D eigenvalue weighted by Gasteiger charge is 2.40. The molecule has 2 N–H and O–H groups in total. The number of rotatable bonds is 2. The third kappa shape index (κ3) is 2.46. The number of anilines is 1. The van der Waals surface area contributed by atoms with Crippen LogP contribution in [0.3, 0.4) is 0 Å². The molecule has 2 saturated carbocycles. The van der Waals surface area contributed by atoms with E-state index >= 15 is 0 Å². The predicted octanol–water partition coefficient (Wildman–Crippen LogP) is 3.65. The highest BCUT2D eigenvalue weighted by molar-refractivity contribution is 6.30. The summed E-state index contributed by atoms with van der Waals surface area (Å²) in [7, 11) is 0. The molecule has 18 heavy (non-hydrogen) atoms. The van der Waals surface area contributed by atoms with E-state index in [0.29, 0.717) is 17.0 Å². The second-order valence-electron chi connectivity index (χ2n) is 5.39. The largest absolute Gasteiger partial charge is 0.335 e. The van der Waals surface area contributed by atoms with Gasteiger partial charge in [0, 0.05) is 16.8 Å². The maximum atomic E-state index is 11.9. The molecular formula is C14H17ClN2O. The molecule has 96 valence electrons. The van der Waals surface area contributed by atoms with Gasteiger partial charge in [-0.05, 0) is 55.4 Å². The molecule has 0 unspecified atom stereocenters. The second kappa shape index (κ2) is 4.81. The van der Waals surface area contributed by atoms with Gasteiger partial charge in [-0.1, -0.05) is 18.0 Å². The quantitative estimate of drug-likeness (QED) is 0.841. The molecule has 0 aliphatic heterocycles. The Morgan fingerprint density at radius 2 is 1.94 bits per heavy atom. The zero-order valence-corrected chi connectivity index (χ0v) is 10.9. The summed E-state index contributed by atoms with van der Waals surface area (Å²) in [5.74, 6) is 1.54. The van der Waals surface area contributed by atoms with Gasteiger partial charge < -0.3 is 10.6 Å². The lowest BCUT2D eigenvalue weighted by Gasteiger charge is -2.23. The van der Waals surface area contributed by atoms with E-state index in [1.54, 1.807) is 12.1 Å². The Hall–Kier alpha value is -1.22. The van der Waals surface area contributed by atoms with Gasteiger partial charge >= 0.3 is 6.03 Å². The molecule has 0 spiro atoms. The second-order valence-corrected chi connectivity index (χ2v) is 5.82. The van der Waals surface area contributed by atoms with Crippen molar-refractivity contribution in [3.63, 3.8) is 0 Å². The molecular weight excluding hydrogens is 248 g/mol. The van der Waals surface area contributed by atoms with E-state index in [4.69, 9.17) is 11.6 Å². The van der Waals surface area contributed by atoms with Crippen LogP contribution in [0.2, 0.25) is 5.02 Å². The van der Waals surface area contributed by atoms with Gasteiger partial charge in [-0.3, -0.25) is 0 Å². The zero-order valence-electron chi connectivity index (χ0n) is 10.2. The summed E-state index contributed by atoms with van der Waals surface area (Å²) in [6.45, 7) is 0. The Balaban J connectivity index is 1.54. The van der Waals surface area contributed by atoms with Gasteiger partial charge in [-0.25, -0.2) is 4.79 Å². The average Bonchev–Trinajstić information content (AvgIpc) is 2.94. The van der Waals surface area contributed by atoms with Crippen LogP contribution < -0.4 is 10.6 Å². The summed E-state index contributed by atoms with van der Waals surface area (Å²) >= 11 is 5.80. The van der Waals surface area contributed by atoms with Crippen LogP contribution in [0.4, 0.5) is 10.5 Å². The summed E-state index contributed by atoms with van der Waals surface area (Å²) in [5, 5.41) is 6.61. The van der Waals surface area contributed by atoms with E-state index < -0.39 is 0 Å². The lowest BCUT2D eigenvalue weighted by Crippen LogP contribution is -2.40. The normalized spacial score (nSPS) is 29.3. The highest BCUT2D eigenvalue weighted by Crippen LogP contribution is 2.44. The fourth-order valence-electron chi connectivity index (χ4n) is 3.29. The average molecular weight is 265 g/mol. The molecule has 1 aromatic rings. The summed E-state index contributed by atoms with van der Waals surface area (Å²) < 4.78 is 0. The third-order valence-electron chi connectivity index (χ3n) is 4.16. The first-order valence-corrected chi connectivity index (χ1v) is 6.91. The number of urea groups is 1. The lowest BCUT2D eigenvalue weighted by atomic mass is 9.95. The van der Waals surface area contributed by atoms with Crippen molar-refractivity contribution < 1.29 is 4.79 Å². The van der Waals surface area contributed by atoms with Crippen molar-refractivity contribution in [1.82, 2.24) is 5.32 Å². The minimum Gasteiger partial charge on any atom is -0.335 e. The van der Waals surface area contributed by atoms with Crippen molar-refractivity contribution in [2.45, 2.75) is 31.7 Å². The van der Waals surface area contributed by atoms with Crippen LogP contribution in [0.1, 0.15) is 25.7 Å². The van der Waals surface area contributed by atoms with Crippen molar-refractivity contribution >= 4 is 23.3 Å². The van der Waals surface area contributed by atoms with Crippen LogP contribution >= 0.6 is 11.6 Å². The van der Waals surface area contributed by atoms with Gasteiger partial charge in [0.2, 0.25) is 0 Å². The summed E-state index contributed by atoms with van der Waals surface area (Å²) in [5.41, 5.74) is 0.778. The van der Waals surface area contributed by atoms with E-state index in [1.165, 1.54) is 19.3 Å². The standard InChI is InChI=1S/C14H17ClN2O/c15-11-3-5-12(6-4-11)16-14(18)17-13-8-9-1-2-10(13)7-9/h3-6,9-10,13H,1-2,7-8H2,(H2,16,17,18)/t9-,10+,13-/m0/s1. The fraction of sp³-hybridized carbons (Fsp3) is 0.500. The Bertz CT molecular complexity index is 446. The van der Waals surface area contributed by atoms with Crippen molar-refractivity contribution in [2.75, 3.05) is 5.32 Å². The van der Waals surface area contributed by atoms with Crippen LogP contribution in [0.15, 0.2) is 24.3 Å². The molecule has 2 amide bonds. The Kier molecular flexibility index (Phi) is 3.16. The number of halogens is 1. The lowest BCUT2D eigenvalue weighted by molar-refractivity contribution is 0.242. The Labute approximate surface area is 112 Å². The maximum Gasteiger partial charge on any atom is 0.319 e. The van der Waals surface area contributed by atoms with E-state index in [0.717, 1.165) is 18.0 Å². The monoisotopic (exact) mass is 264 g/mol. The molecule has 4 heteroatoms.